The molecule has 0 aliphatic heterocycles. The second-order valence-corrected chi connectivity index (χ2v) is 7.01. The Morgan fingerprint density at radius 1 is 1.04 bits per heavy atom. The van der Waals surface area contributed by atoms with Gasteiger partial charge in [-0.15, -0.1) is 0 Å². The fraction of sp³-hybridized carbons (Fsp3) is 0.556. The van der Waals surface area contributed by atoms with Gasteiger partial charge in [0.15, 0.2) is 0 Å². The quantitative estimate of drug-likeness (QED) is 0.776. The average molecular weight is 335 g/mol. The van der Waals surface area contributed by atoms with Gasteiger partial charge in [0.1, 0.15) is 11.6 Å². The van der Waals surface area contributed by atoms with Gasteiger partial charge >= 0.3 is 6.09 Å². The van der Waals surface area contributed by atoms with Crippen molar-refractivity contribution in [2.24, 2.45) is 0 Å². The molecular formula is C18H29N3O3. The predicted octanol–water partition coefficient (Wildman–Crippen LogP) is 2.40. The van der Waals surface area contributed by atoms with E-state index in [-0.39, 0.29) is 5.91 Å². The Morgan fingerprint density at radius 3 is 2.04 bits per heavy atom. The highest BCUT2D eigenvalue weighted by molar-refractivity contribution is 5.85. The number of carbonyl (C=O) groups excluding carboxylic acids is 2. The first kappa shape index (κ1) is 20.0. The van der Waals surface area contributed by atoms with Crippen molar-refractivity contribution in [3.63, 3.8) is 0 Å². The molecular weight excluding hydrogens is 306 g/mol. The van der Waals surface area contributed by atoms with Crippen molar-refractivity contribution in [2.45, 2.75) is 38.8 Å². The molecule has 6 nitrogen and oxygen atoms in total. The van der Waals surface area contributed by atoms with Crippen molar-refractivity contribution < 1.29 is 14.3 Å². The molecule has 2 amide bonds. The zero-order chi connectivity index (χ0) is 18.5. The monoisotopic (exact) mass is 335 g/mol. The molecule has 0 N–H and O–H groups in total. The predicted molar refractivity (Wildman–Crippen MR) is 94.4 cm³/mol. The molecule has 0 aliphatic rings. The molecule has 0 spiro atoms. The Labute approximate surface area is 144 Å². The largest absolute Gasteiger partial charge is 0.444 e. The van der Waals surface area contributed by atoms with Crippen molar-refractivity contribution in [1.82, 2.24) is 14.9 Å². The van der Waals surface area contributed by atoms with E-state index in [2.05, 4.69) is 0 Å². The summed E-state index contributed by atoms with van der Waals surface area (Å²) in [4.78, 5) is 26.6. The van der Waals surface area contributed by atoms with Crippen LogP contribution in [0.15, 0.2) is 30.3 Å². The first-order valence-electron chi connectivity index (χ1n) is 7.97. The standard InChI is InChI=1S/C18H29N3O3/c1-18(2,3)24-17(23)20(6)15(16(22)21(7)19(4)5)13-14-11-9-8-10-12-14/h8-12,15H,13H2,1-7H3/t15-/m1/s1. The molecule has 0 heterocycles. The zero-order valence-corrected chi connectivity index (χ0v) is 15.7. The lowest BCUT2D eigenvalue weighted by atomic mass is 10.0. The maximum atomic E-state index is 12.8. The van der Waals surface area contributed by atoms with Gasteiger partial charge in [0.25, 0.3) is 5.91 Å². The van der Waals surface area contributed by atoms with Crippen molar-refractivity contribution in [3.8, 4) is 0 Å². The lowest BCUT2D eigenvalue weighted by molar-refractivity contribution is -0.147. The van der Waals surface area contributed by atoms with Crippen LogP contribution in [0.4, 0.5) is 4.79 Å². The summed E-state index contributed by atoms with van der Waals surface area (Å²) in [6, 6.07) is 9.00. The van der Waals surface area contributed by atoms with Crippen LogP contribution in [0.3, 0.4) is 0 Å². The van der Waals surface area contributed by atoms with Crippen molar-refractivity contribution in [1.29, 1.82) is 0 Å². The van der Waals surface area contributed by atoms with Crippen molar-refractivity contribution in [2.75, 3.05) is 28.2 Å². The van der Waals surface area contributed by atoms with E-state index in [9.17, 15) is 9.59 Å². The molecule has 0 radical (unpaired) electrons. The summed E-state index contributed by atoms with van der Waals surface area (Å²) < 4.78 is 5.41. The molecule has 0 aliphatic carbocycles. The zero-order valence-electron chi connectivity index (χ0n) is 15.7. The number of hydrazine groups is 1. The highest BCUT2D eigenvalue weighted by Crippen LogP contribution is 2.15. The SMILES string of the molecule is CN(C(=O)OC(C)(C)C)[C@H](Cc1ccccc1)C(=O)N(C)N(C)C. The number of rotatable bonds is 5. The molecule has 0 aromatic heterocycles. The number of benzene rings is 1. The fourth-order valence-electron chi connectivity index (χ4n) is 2.10. The van der Waals surface area contributed by atoms with E-state index in [0.717, 1.165) is 5.56 Å². The van der Waals surface area contributed by atoms with E-state index in [0.29, 0.717) is 6.42 Å². The van der Waals surface area contributed by atoms with Crippen LogP contribution in [0.25, 0.3) is 0 Å². The molecule has 24 heavy (non-hydrogen) atoms. The first-order valence-corrected chi connectivity index (χ1v) is 7.97. The van der Waals surface area contributed by atoms with E-state index in [1.165, 1.54) is 9.91 Å². The second-order valence-electron chi connectivity index (χ2n) is 7.01. The number of carbonyl (C=O) groups is 2. The van der Waals surface area contributed by atoms with Crippen LogP contribution in [-0.2, 0) is 16.0 Å². The normalized spacial score (nSPS) is 12.7. The smallest absolute Gasteiger partial charge is 0.410 e. The molecule has 1 aromatic carbocycles. The summed E-state index contributed by atoms with van der Waals surface area (Å²) in [6.45, 7) is 5.41. The van der Waals surface area contributed by atoms with Crippen LogP contribution in [0.2, 0.25) is 0 Å². The van der Waals surface area contributed by atoms with Gasteiger partial charge in [-0.2, -0.15) is 0 Å². The molecule has 0 saturated carbocycles. The number of amides is 2. The minimum absolute atomic E-state index is 0.169. The third-order valence-electron chi connectivity index (χ3n) is 3.62. The lowest BCUT2D eigenvalue weighted by Crippen LogP contribution is -2.53. The Morgan fingerprint density at radius 2 is 1.58 bits per heavy atom. The summed E-state index contributed by atoms with van der Waals surface area (Å²) in [5.41, 5.74) is 0.373. The molecule has 1 rings (SSSR count). The van der Waals surface area contributed by atoms with E-state index >= 15 is 0 Å². The van der Waals surface area contributed by atoms with E-state index in [1.807, 2.05) is 30.3 Å². The van der Waals surface area contributed by atoms with Gasteiger partial charge in [-0.25, -0.2) is 9.80 Å². The van der Waals surface area contributed by atoms with Crippen LogP contribution in [-0.4, -0.2) is 66.8 Å². The molecule has 0 unspecified atom stereocenters. The number of ether oxygens (including phenoxy) is 1. The Balaban J connectivity index is 3.03. The van der Waals surface area contributed by atoms with Gasteiger partial charge in [0.2, 0.25) is 0 Å². The number of nitrogens with zero attached hydrogens (tertiary/aromatic N) is 3. The van der Waals surface area contributed by atoms with E-state index in [4.69, 9.17) is 4.74 Å². The maximum Gasteiger partial charge on any atom is 0.410 e. The van der Waals surface area contributed by atoms with Gasteiger partial charge in [-0.05, 0) is 26.3 Å². The lowest BCUT2D eigenvalue weighted by Gasteiger charge is -2.34. The highest BCUT2D eigenvalue weighted by Gasteiger charge is 2.32. The summed E-state index contributed by atoms with van der Waals surface area (Å²) in [7, 11) is 6.85. The van der Waals surface area contributed by atoms with Crippen LogP contribution < -0.4 is 0 Å². The average Bonchev–Trinajstić information content (AvgIpc) is 2.49. The van der Waals surface area contributed by atoms with E-state index < -0.39 is 17.7 Å². The third-order valence-corrected chi connectivity index (χ3v) is 3.62. The summed E-state index contributed by atoms with van der Waals surface area (Å²) in [5, 5.41) is 3.18. The summed E-state index contributed by atoms with van der Waals surface area (Å²) in [6.07, 6.45) is -0.0860. The molecule has 0 bridgehead atoms. The van der Waals surface area contributed by atoms with Gasteiger partial charge in [-0.3, -0.25) is 14.7 Å². The maximum absolute atomic E-state index is 12.8. The van der Waals surface area contributed by atoms with Gasteiger partial charge in [-0.1, -0.05) is 30.3 Å². The van der Waals surface area contributed by atoms with Crippen LogP contribution in [0.1, 0.15) is 26.3 Å². The van der Waals surface area contributed by atoms with E-state index in [1.54, 1.807) is 54.0 Å². The number of hydrogen-bond acceptors (Lipinski definition) is 4. The fourth-order valence-corrected chi connectivity index (χ4v) is 2.10. The summed E-state index contributed by atoms with van der Waals surface area (Å²) >= 11 is 0. The van der Waals surface area contributed by atoms with Crippen LogP contribution in [0.5, 0.6) is 0 Å². The molecule has 0 saturated heterocycles. The minimum atomic E-state index is -0.644. The Kier molecular flexibility index (Phi) is 6.78. The van der Waals surface area contributed by atoms with Crippen molar-refractivity contribution in [3.05, 3.63) is 35.9 Å². The number of likely N-dealkylation sites (N-methyl/N-ethyl adjacent to an activating group) is 2. The molecule has 0 fully saturated rings. The third kappa shape index (κ3) is 5.85. The van der Waals surface area contributed by atoms with Gasteiger partial charge in [0.05, 0.1) is 0 Å². The second kappa shape index (κ2) is 8.15. The summed E-state index contributed by atoms with van der Waals surface area (Å²) in [5.74, 6) is -0.169. The molecule has 134 valence electrons. The van der Waals surface area contributed by atoms with Gasteiger partial charge < -0.3 is 4.74 Å². The topological polar surface area (TPSA) is 53.1 Å². The molecule has 1 atom stereocenters. The van der Waals surface area contributed by atoms with Crippen molar-refractivity contribution >= 4 is 12.0 Å². The molecule has 1 aromatic rings. The highest BCUT2D eigenvalue weighted by atomic mass is 16.6. The Bertz CT molecular complexity index is 552. The first-order chi connectivity index (χ1) is 11.0. The molecule has 6 heteroatoms. The Hall–Kier alpha value is -2.08. The van der Waals surface area contributed by atoms with Gasteiger partial charge in [0, 0.05) is 34.6 Å². The minimum Gasteiger partial charge on any atom is -0.444 e. The number of hydrogen-bond donors (Lipinski definition) is 0. The van der Waals surface area contributed by atoms with Crippen LogP contribution in [0, 0.1) is 0 Å². The van der Waals surface area contributed by atoms with Crippen LogP contribution >= 0.6 is 0 Å².